The number of pyridine rings is 1. The van der Waals surface area contributed by atoms with Gasteiger partial charge in [-0.05, 0) is 32.1 Å². The third-order valence-electron chi connectivity index (χ3n) is 7.63. The maximum absolute atomic E-state index is 12.2. The van der Waals surface area contributed by atoms with Gasteiger partial charge in [-0.3, -0.25) is 10.1 Å². The van der Waals surface area contributed by atoms with E-state index in [9.17, 15) is 10.1 Å². The van der Waals surface area contributed by atoms with Crippen molar-refractivity contribution in [1.82, 2.24) is 19.9 Å². The van der Waals surface area contributed by atoms with E-state index in [1.54, 1.807) is 13.2 Å². The van der Waals surface area contributed by atoms with Crippen molar-refractivity contribution in [3.63, 3.8) is 0 Å². The number of nitrogens with zero attached hydrogens (tertiary/aromatic N) is 7. The van der Waals surface area contributed by atoms with Crippen molar-refractivity contribution in [2.24, 2.45) is 0 Å². The molecule has 11 nitrogen and oxygen atoms in total. The summed E-state index contributed by atoms with van der Waals surface area (Å²) in [6, 6.07) is 7.24. The molecule has 0 aliphatic carbocycles. The summed E-state index contributed by atoms with van der Waals surface area (Å²) >= 11 is 0. The van der Waals surface area contributed by atoms with E-state index in [1.165, 1.54) is 6.07 Å². The smallest absolute Gasteiger partial charge is 0.294 e. The second-order valence-electron chi connectivity index (χ2n) is 13.8. The monoisotopic (exact) mass is 630 g/mol. The number of methoxy groups -OCH3 is 1. The van der Waals surface area contributed by atoms with Crippen LogP contribution in [0.25, 0.3) is 0 Å². The topological polar surface area (TPSA) is 113 Å². The molecule has 1 aliphatic heterocycles. The number of hydrogen-bond acceptors (Lipinski definition) is 10. The summed E-state index contributed by atoms with van der Waals surface area (Å²) in [5.41, 5.74) is 7.77. The van der Waals surface area contributed by atoms with E-state index in [-0.39, 0.29) is 21.9 Å². The van der Waals surface area contributed by atoms with E-state index >= 15 is 0 Å². The molecular weight excluding hydrogens is 585 g/mol. The second kappa shape index (κ2) is 13.0. The highest BCUT2D eigenvalue weighted by Gasteiger charge is 2.39. The van der Waals surface area contributed by atoms with E-state index < -0.39 is 8.07 Å². The lowest BCUT2D eigenvalue weighted by atomic mass is 9.91. The van der Waals surface area contributed by atoms with Crippen molar-refractivity contribution >= 4 is 42.6 Å². The lowest BCUT2D eigenvalue weighted by molar-refractivity contribution is -0.384. The minimum Gasteiger partial charge on any atom is -0.494 e. The van der Waals surface area contributed by atoms with Crippen LogP contribution in [0.15, 0.2) is 30.5 Å². The number of nitro groups is 1. The fourth-order valence-corrected chi connectivity index (χ4v) is 5.67. The molecule has 4 rings (SSSR count). The summed E-state index contributed by atoms with van der Waals surface area (Å²) in [5.74, 6) is 4.99. The molecule has 0 radical (unpaired) electrons. The van der Waals surface area contributed by atoms with E-state index in [1.807, 2.05) is 43.2 Å². The number of likely N-dealkylation sites (N-methyl/N-ethyl adjacent to an activating group) is 2. The minimum atomic E-state index is -1.55. The number of benzene rings is 1. The molecule has 1 aromatic carbocycles. The van der Waals surface area contributed by atoms with Crippen molar-refractivity contribution < 1.29 is 9.66 Å². The Morgan fingerprint density at radius 3 is 2.47 bits per heavy atom. The Balaban J connectivity index is 1.75. The van der Waals surface area contributed by atoms with Crippen LogP contribution in [-0.4, -0.2) is 80.7 Å². The molecule has 3 aromatic rings. The highest BCUT2D eigenvalue weighted by molar-refractivity contribution is 6.83. The molecule has 1 aliphatic rings. The number of fused-ring (bicyclic) bond motifs is 1. The van der Waals surface area contributed by atoms with Gasteiger partial charge in [0.05, 0.1) is 29.1 Å². The van der Waals surface area contributed by atoms with Gasteiger partial charge < -0.3 is 24.8 Å². The van der Waals surface area contributed by atoms with Crippen molar-refractivity contribution in [2.75, 3.05) is 63.0 Å². The Morgan fingerprint density at radius 1 is 1.16 bits per heavy atom. The standard InChI is InChI=1S/C33H46N8O3Si/c1-22(2)24-20-34-32(36-25-18-28(41(42)43)27(19-29(25)44-8)39(7)16-15-38(5)6)37-31(24)40-21-33(3,4)30-26(40)13-12-23(35-30)14-17-45(9,10)11/h12-13,18-20,22H,15-16,21H2,1-11H3,(H,34,36,37). The number of nitrogens with one attached hydrogen (secondary N) is 1. The van der Waals surface area contributed by atoms with Gasteiger partial charge in [-0.25, -0.2) is 9.97 Å². The number of hydrogen-bond donors (Lipinski definition) is 1. The number of anilines is 5. The second-order valence-corrected chi connectivity index (χ2v) is 18.6. The third kappa shape index (κ3) is 7.72. The van der Waals surface area contributed by atoms with Gasteiger partial charge in [0.15, 0.2) is 0 Å². The zero-order chi connectivity index (χ0) is 33.3. The van der Waals surface area contributed by atoms with E-state index in [0.717, 1.165) is 35.0 Å². The van der Waals surface area contributed by atoms with Gasteiger partial charge in [0.1, 0.15) is 31.0 Å². The number of ether oxygens (including phenoxy) is 1. The average Bonchev–Trinajstić information content (AvgIpc) is 3.23. The van der Waals surface area contributed by atoms with Crippen LogP contribution in [0.1, 0.15) is 50.6 Å². The maximum Gasteiger partial charge on any atom is 0.294 e. The van der Waals surface area contributed by atoms with E-state index in [4.69, 9.17) is 14.7 Å². The summed E-state index contributed by atoms with van der Waals surface area (Å²) in [7, 11) is 5.77. The van der Waals surface area contributed by atoms with Gasteiger partial charge in [0, 0.05) is 56.0 Å². The SMILES string of the molecule is COc1cc(N(C)CCN(C)C)c([N+](=O)[O-])cc1Nc1ncc(C(C)C)c(N2CC(C)(C)c3nc(C#C[Si](C)(C)C)ccc32)n1. The molecule has 1 N–H and O–H groups in total. The molecule has 240 valence electrons. The molecule has 0 atom stereocenters. The van der Waals surface area contributed by atoms with Crippen molar-refractivity contribution in [3.05, 3.63) is 57.5 Å². The lowest BCUT2D eigenvalue weighted by Gasteiger charge is -2.25. The molecule has 0 amide bonds. The molecule has 0 fully saturated rings. The third-order valence-corrected chi connectivity index (χ3v) is 8.51. The van der Waals surface area contributed by atoms with E-state index in [2.05, 4.69) is 80.1 Å². The van der Waals surface area contributed by atoms with Gasteiger partial charge in [0.25, 0.3) is 5.69 Å². The Bertz CT molecular complexity index is 1640. The molecule has 2 aromatic heterocycles. The van der Waals surface area contributed by atoms with Crippen molar-refractivity contribution in [2.45, 2.75) is 58.7 Å². The highest BCUT2D eigenvalue weighted by Crippen LogP contribution is 2.45. The van der Waals surface area contributed by atoms with Gasteiger partial charge in [0.2, 0.25) is 5.95 Å². The first-order valence-electron chi connectivity index (χ1n) is 15.2. The predicted octanol–water partition coefficient (Wildman–Crippen LogP) is 6.31. The molecule has 45 heavy (non-hydrogen) atoms. The summed E-state index contributed by atoms with van der Waals surface area (Å²) in [6.07, 6.45) is 1.83. The number of aromatic nitrogens is 3. The quantitative estimate of drug-likeness (QED) is 0.118. The summed E-state index contributed by atoms with van der Waals surface area (Å²) in [6.45, 7) is 17.3. The Kier molecular flexibility index (Phi) is 9.75. The van der Waals surface area contributed by atoms with Crippen LogP contribution in [0.3, 0.4) is 0 Å². The lowest BCUT2D eigenvalue weighted by Crippen LogP contribution is -2.29. The molecule has 0 unspecified atom stereocenters. The fourth-order valence-electron chi connectivity index (χ4n) is 5.17. The number of rotatable bonds is 10. The molecule has 12 heteroatoms. The van der Waals surface area contributed by atoms with Crippen LogP contribution >= 0.6 is 0 Å². The molecule has 0 bridgehead atoms. The molecule has 0 spiro atoms. The van der Waals surface area contributed by atoms with Crippen LogP contribution in [0.2, 0.25) is 19.6 Å². The van der Waals surface area contributed by atoms with Crippen LogP contribution in [0, 0.1) is 21.6 Å². The van der Waals surface area contributed by atoms with Gasteiger partial charge in [-0.15, -0.1) is 5.54 Å². The largest absolute Gasteiger partial charge is 0.494 e. The summed E-state index contributed by atoms with van der Waals surface area (Å²) < 4.78 is 5.68. The van der Waals surface area contributed by atoms with Crippen LogP contribution in [0.5, 0.6) is 5.75 Å². The van der Waals surface area contributed by atoms with E-state index in [0.29, 0.717) is 36.2 Å². The fraction of sp³-hybridized carbons (Fsp3) is 0.485. The first-order chi connectivity index (χ1) is 21.0. The van der Waals surface area contributed by atoms with Crippen LogP contribution in [-0.2, 0) is 5.41 Å². The van der Waals surface area contributed by atoms with Gasteiger partial charge in [-0.2, -0.15) is 4.98 Å². The first-order valence-corrected chi connectivity index (χ1v) is 18.7. The first kappa shape index (κ1) is 33.7. The Morgan fingerprint density at radius 2 is 1.87 bits per heavy atom. The zero-order valence-corrected chi connectivity index (χ0v) is 29.4. The summed E-state index contributed by atoms with van der Waals surface area (Å²) in [5, 5.41) is 15.4. The maximum atomic E-state index is 12.2. The molecule has 0 saturated carbocycles. The minimum absolute atomic E-state index is 0.0343. The van der Waals surface area contributed by atoms with Crippen LogP contribution < -0.4 is 19.9 Å². The van der Waals surface area contributed by atoms with Crippen molar-refractivity contribution in [3.8, 4) is 17.2 Å². The molecular formula is C33H46N8O3Si. The molecule has 0 saturated heterocycles. The highest BCUT2D eigenvalue weighted by atomic mass is 28.3. The average molecular weight is 631 g/mol. The zero-order valence-electron chi connectivity index (χ0n) is 28.4. The Hall–Kier alpha value is -4.21. The van der Waals surface area contributed by atoms with Gasteiger partial charge >= 0.3 is 0 Å². The normalized spacial score (nSPS) is 13.8. The predicted molar refractivity (Wildman–Crippen MR) is 185 cm³/mol. The van der Waals surface area contributed by atoms with Gasteiger partial charge in [-0.1, -0.05) is 53.3 Å². The molecule has 3 heterocycles. The summed E-state index contributed by atoms with van der Waals surface area (Å²) in [4.78, 5) is 32.5. The van der Waals surface area contributed by atoms with Crippen molar-refractivity contribution in [1.29, 1.82) is 0 Å². The Labute approximate surface area is 268 Å². The van der Waals surface area contributed by atoms with Crippen LogP contribution in [0.4, 0.5) is 34.5 Å². The number of nitro benzene ring substituents is 1.